The number of benzene rings is 1. The van der Waals surface area contributed by atoms with Crippen molar-refractivity contribution in [2.24, 2.45) is 10.9 Å². The van der Waals surface area contributed by atoms with Gasteiger partial charge in [0.05, 0.1) is 13.2 Å². The number of hydrogen-bond donors (Lipinski definition) is 2. The number of likely N-dealkylation sites (N-methyl/N-ethyl adjacent to an activating group) is 1. The minimum Gasteiger partial charge on any atom is -0.490 e. The van der Waals surface area contributed by atoms with Crippen LogP contribution in [0.5, 0.6) is 11.5 Å². The predicted octanol–water partition coefficient (Wildman–Crippen LogP) is 2.11. The molecule has 0 bridgehead atoms. The van der Waals surface area contributed by atoms with Gasteiger partial charge in [-0.15, -0.1) is 0 Å². The number of rotatable bonds is 6. The van der Waals surface area contributed by atoms with Gasteiger partial charge in [-0.25, -0.2) is 0 Å². The van der Waals surface area contributed by atoms with Gasteiger partial charge >= 0.3 is 0 Å². The highest BCUT2D eigenvalue weighted by Gasteiger charge is 2.17. The fourth-order valence-electron chi connectivity index (χ4n) is 3.62. The van der Waals surface area contributed by atoms with Crippen LogP contribution in [0.15, 0.2) is 23.2 Å². The molecule has 0 aliphatic carbocycles. The lowest BCUT2D eigenvalue weighted by atomic mass is 10.1. The number of fused-ring (bicyclic) bond motifs is 1. The molecule has 7 heteroatoms. The molecule has 0 aromatic heterocycles. The third kappa shape index (κ3) is 6.01. The van der Waals surface area contributed by atoms with Crippen LogP contribution >= 0.6 is 0 Å². The summed E-state index contributed by atoms with van der Waals surface area (Å²) in [5.41, 5.74) is 0.945. The fraction of sp³-hybridized carbons (Fsp3) is 0.667. The number of guanidine groups is 1. The van der Waals surface area contributed by atoms with Crippen molar-refractivity contribution in [2.75, 3.05) is 71.4 Å². The van der Waals surface area contributed by atoms with E-state index in [0.717, 1.165) is 49.2 Å². The summed E-state index contributed by atoms with van der Waals surface area (Å²) in [7, 11) is 1.80. The van der Waals surface area contributed by atoms with E-state index in [1.807, 2.05) is 18.2 Å². The average Bonchev–Trinajstić information content (AvgIpc) is 2.96. The third-order valence-corrected chi connectivity index (χ3v) is 5.33. The Morgan fingerprint density at radius 3 is 2.54 bits per heavy atom. The van der Waals surface area contributed by atoms with Crippen LogP contribution in [0.3, 0.4) is 0 Å². The van der Waals surface area contributed by atoms with E-state index in [9.17, 15) is 0 Å². The Hall–Kier alpha value is -1.99. The lowest BCUT2D eigenvalue weighted by Crippen LogP contribution is -2.48. The molecule has 0 saturated carbocycles. The number of nitrogens with one attached hydrogen (secondary N) is 2. The molecule has 1 aromatic rings. The van der Waals surface area contributed by atoms with Crippen LogP contribution in [0, 0.1) is 5.92 Å². The largest absolute Gasteiger partial charge is 0.490 e. The monoisotopic (exact) mass is 389 g/mol. The maximum atomic E-state index is 5.77. The molecule has 156 valence electrons. The van der Waals surface area contributed by atoms with Crippen molar-refractivity contribution in [3.63, 3.8) is 0 Å². The lowest BCUT2D eigenvalue weighted by molar-refractivity contribution is 0.124. The summed E-state index contributed by atoms with van der Waals surface area (Å²) in [6, 6.07) is 5.93. The molecule has 1 saturated heterocycles. The number of aliphatic imine (C=N–C) groups is 1. The fourth-order valence-corrected chi connectivity index (χ4v) is 3.62. The van der Waals surface area contributed by atoms with Crippen LogP contribution in [0.25, 0.3) is 0 Å². The average molecular weight is 390 g/mol. The second kappa shape index (κ2) is 10.5. The molecule has 28 heavy (non-hydrogen) atoms. The highest BCUT2D eigenvalue weighted by molar-refractivity contribution is 5.93. The van der Waals surface area contributed by atoms with E-state index in [4.69, 9.17) is 9.47 Å². The molecule has 1 aromatic carbocycles. The van der Waals surface area contributed by atoms with Gasteiger partial charge in [-0.1, -0.05) is 13.8 Å². The number of piperazine rings is 1. The van der Waals surface area contributed by atoms with Gasteiger partial charge in [-0.05, 0) is 24.6 Å². The van der Waals surface area contributed by atoms with Crippen LogP contribution in [0.2, 0.25) is 0 Å². The third-order valence-electron chi connectivity index (χ3n) is 5.33. The normalized spacial score (nSPS) is 19.8. The molecule has 7 nitrogen and oxygen atoms in total. The summed E-state index contributed by atoms with van der Waals surface area (Å²) >= 11 is 0. The summed E-state index contributed by atoms with van der Waals surface area (Å²) < 4.78 is 11.5. The minimum absolute atomic E-state index is 0.551. The maximum Gasteiger partial charge on any atom is 0.195 e. The Morgan fingerprint density at radius 2 is 1.82 bits per heavy atom. The number of hydrogen-bond acceptors (Lipinski definition) is 5. The molecule has 2 aliphatic rings. The van der Waals surface area contributed by atoms with E-state index < -0.39 is 0 Å². The van der Waals surface area contributed by atoms with Crippen LogP contribution in [-0.2, 0) is 0 Å². The summed E-state index contributed by atoms with van der Waals surface area (Å²) in [6.07, 6.45) is 0.909. The first kappa shape index (κ1) is 20.7. The van der Waals surface area contributed by atoms with Gasteiger partial charge in [-0.3, -0.25) is 4.99 Å². The minimum atomic E-state index is 0.551. The standard InChI is InChI=1S/C21H35N5O2/c1-4-25-8-10-26(11-9-25)16-17(2)15-23-21(22-3)24-18-6-7-19-20(14-18)28-13-5-12-27-19/h6-7,14,17H,4-5,8-13,15-16H2,1-3H3,(H2,22,23,24). The highest BCUT2D eigenvalue weighted by Crippen LogP contribution is 2.32. The molecule has 2 aliphatic heterocycles. The molecule has 1 unspecified atom stereocenters. The predicted molar refractivity (Wildman–Crippen MR) is 115 cm³/mol. The van der Waals surface area contributed by atoms with E-state index in [-0.39, 0.29) is 0 Å². The van der Waals surface area contributed by atoms with Crippen LogP contribution in [0.4, 0.5) is 5.69 Å². The van der Waals surface area contributed by atoms with E-state index in [0.29, 0.717) is 19.1 Å². The van der Waals surface area contributed by atoms with Crippen molar-refractivity contribution < 1.29 is 9.47 Å². The van der Waals surface area contributed by atoms with Crippen molar-refractivity contribution >= 4 is 11.6 Å². The van der Waals surface area contributed by atoms with Crippen LogP contribution < -0.4 is 20.1 Å². The zero-order valence-electron chi connectivity index (χ0n) is 17.5. The van der Waals surface area contributed by atoms with Gasteiger partial charge in [-0.2, -0.15) is 0 Å². The zero-order valence-corrected chi connectivity index (χ0v) is 17.5. The van der Waals surface area contributed by atoms with E-state index in [1.165, 1.54) is 26.2 Å². The molecule has 3 rings (SSSR count). The topological polar surface area (TPSA) is 61.4 Å². The van der Waals surface area contributed by atoms with Crippen molar-refractivity contribution in [1.82, 2.24) is 15.1 Å². The van der Waals surface area contributed by atoms with Crippen molar-refractivity contribution in [3.8, 4) is 11.5 Å². The summed E-state index contributed by atoms with van der Waals surface area (Å²) in [6.45, 7) is 13.8. The molecular weight excluding hydrogens is 354 g/mol. The van der Waals surface area contributed by atoms with Crippen LogP contribution in [0.1, 0.15) is 20.3 Å². The van der Waals surface area contributed by atoms with Gasteiger partial charge < -0.3 is 29.9 Å². The zero-order chi connectivity index (χ0) is 19.8. The van der Waals surface area contributed by atoms with Crippen molar-refractivity contribution in [3.05, 3.63) is 18.2 Å². The highest BCUT2D eigenvalue weighted by atomic mass is 16.5. The Morgan fingerprint density at radius 1 is 1.11 bits per heavy atom. The Kier molecular flexibility index (Phi) is 7.80. The van der Waals surface area contributed by atoms with E-state index in [1.54, 1.807) is 7.05 Å². The first-order valence-corrected chi connectivity index (χ1v) is 10.5. The second-order valence-electron chi connectivity index (χ2n) is 7.63. The van der Waals surface area contributed by atoms with Gasteiger partial charge in [0.1, 0.15) is 0 Å². The molecular formula is C21H35N5O2. The van der Waals surface area contributed by atoms with Gasteiger partial charge in [0.15, 0.2) is 17.5 Å². The lowest BCUT2D eigenvalue weighted by Gasteiger charge is -2.35. The second-order valence-corrected chi connectivity index (χ2v) is 7.63. The maximum absolute atomic E-state index is 5.77. The molecule has 0 spiro atoms. The Balaban J connectivity index is 1.45. The molecule has 1 atom stereocenters. The van der Waals surface area contributed by atoms with Crippen molar-refractivity contribution in [1.29, 1.82) is 0 Å². The van der Waals surface area contributed by atoms with Crippen molar-refractivity contribution in [2.45, 2.75) is 20.3 Å². The number of ether oxygens (including phenoxy) is 2. The molecule has 0 amide bonds. The summed E-state index contributed by atoms with van der Waals surface area (Å²) in [5.74, 6) is 2.92. The molecule has 1 fully saturated rings. The van der Waals surface area contributed by atoms with E-state index in [2.05, 4.69) is 39.3 Å². The first-order valence-electron chi connectivity index (χ1n) is 10.5. The van der Waals surface area contributed by atoms with Crippen LogP contribution in [-0.4, -0.2) is 81.8 Å². The van der Waals surface area contributed by atoms with Gasteiger partial charge in [0.2, 0.25) is 0 Å². The quantitative estimate of drug-likeness (QED) is 0.574. The molecule has 0 radical (unpaired) electrons. The first-order chi connectivity index (χ1) is 13.7. The smallest absolute Gasteiger partial charge is 0.195 e. The van der Waals surface area contributed by atoms with Gasteiger partial charge in [0, 0.05) is 64.5 Å². The molecule has 2 N–H and O–H groups in total. The van der Waals surface area contributed by atoms with E-state index >= 15 is 0 Å². The Labute approximate surface area is 169 Å². The molecule has 2 heterocycles. The number of nitrogens with zero attached hydrogens (tertiary/aromatic N) is 3. The SMILES string of the molecule is CCN1CCN(CC(C)CNC(=NC)Nc2ccc3c(c2)OCCCO3)CC1. The Bertz CT molecular complexity index is 644. The number of anilines is 1. The van der Waals surface area contributed by atoms with Gasteiger partial charge in [0.25, 0.3) is 0 Å². The summed E-state index contributed by atoms with van der Waals surface area (Å²) in [4.78, 5) is 9.44. The summed E-state index contributed by atoms with van der Waals surface area (Å²) in [5, 5.41) is 6.80.